The number of hydrogen-bond donors (Lipinski definition) is 1. The number of rotatable bonds is 9. The number of benzene rings is 2. The maximum atomic E-state index is 13.8. The van der Waals surface area contributed by atoms with Gasteiger partial charge in [-0.3, -0.25) is 9.36 Å². The van der Waals surface area contributed by atoms with Gasteiger partial charge in [-0.15, -0.1) is 0 Å². The summed E-state index contributed by atoms with van der Waals surface area (Å²) >= 11 is 0. The van der Waals surface area contributed by atoms with Crippen molar-refractivity contribution in [1.82, 2.24) is 14.5 Å². The standard InChI is InChI=1S/C31H31FN4O4S/c1-5-6-10-27-35-30(37)29(31(38)36(27)28(19(2)3)23-9-7-8-21(17-23)18-33)41(39,40)24-13-11-22(12-14-24)25-15-16-26(32)34-20(25)4/h7-9,11-17,19,28,38H,5-6,10H2,1-4H3/t28-/m0/s1. The van der Waals surface area contributed by atoms with E-state index in [9.17, 15) is 28.0 Å². The van der Waals surface area contributed by atoms with Crippen LogP contribution in [0.4, 0.5) is 4.39 Å². The number of nitrogens with zero attached hydrogens (tertiary/aromatic N) is 4. The van der Waals surface area contributed by atoms with Gasteiger partial charge in [-0.1, -0.05) is 51.5 Å². The first-order valence-corrected chi connectivity index (χ1v) is 14.8. The van der Waals surface area contributed by atoms with Gasteiger partial charge in [0.15, 0.2) is 4.90 Å². The molecule has 0 unspecified atom stereocenters. The number of aromatic nitrogens is 3. The molecule has 4 aromatic rings. The Balaban J connectivity index is 1.90. The first kappa shape index (κ1) is 29.6. The average Bonchev–Trinajstić information content (AvgIpc) is 2.93. The normalized spacial score (nSPS) is 12.3. The lowest BCUT2D eigenvalue weighted by molar-refractivity contribution is 0.326. The van der Waals surface area contributed by atoms with Crippen LogP contribution in [0.1, 0.15) is 62.3 Å². The molecule has 0 spiro atoms. The summed E-state index contributed by atoms with van der Waals surface area (Å²) in [4.78, 5) is 20.2. The van der Waals surface area contributed by atoms with Gasteiger partial charge in [-0.05, 0) is 66.8 Å². The van der Waals surface area contributed by atoms with E-state index < -0.39 is 38.2 Å². The summed E-state index contributed by atoms with van der Waals surface area (Å²) in [7, 11) is -4.50. The Labute approximate surface area is 238 Å². The van der Waals surface area contributed by atoms with Crippen molar-refractivity contribution in [2.75, 3.05) is 0 Å². The number of unbranched alkanes of at least 4 members (excludes halogenated alkanes) is 1. The third kappa shape index (κ3) is 5.91. The van der Waals surface area contributed by atoms with Crippen LogP contribution >= 0.6 is 0 Å². The Kier molecular flexibility index (Phi) is 8.69. The zero-order valence-electron chi connectivity index (χ0n) is 23.3. The fourth-order valence-corrected chi connectivity index (χ4v) is 6.32. The Morgan fingerprint density at radius 2 is 1.78 bits per heavy atom. The third-order valence-corrected chi connectivity index (χ3v) is 8.74. The summed E-state index contributed by atoms with van der Waals surface area (Å²) in [6.45, 7) is 7.44. The van der Waals surface area contributed by atoms with Crippen LogP contribution in [0.25, 0.3) is 11.1 Å². The van der Waals surface area contributed by atoms with E-state index in [1.807, 2.05) is 20.8 Å². The highest BCUT2D eigenvalue weighted by Crippen LogP contribution is 2.36. The van der Waals surface area contributed by atoms with Crippen LogP contribution in [0.3, 0.4) is 0 Å². The van der Waals surface area contributed by atoms with E-state index in [4.69, 9.17) is 0 Å². The van der Waals surface area contributed by atoms with Crippen molar-refractivity contribution in [3.63, 3.8) is 0 Å². The van der Waals surface area contributed by atoms with E-state index >= 15 is 0 Å². The van der Waals surface area contributed by atoms with Crippen LogP contribution in [-0.4, -0.2) is 28.1 Å². The molecule has 2 heterocycles. The molecule has 0 aliphatic carbocycles. The molecule has 8 nitrogen and oxygen atoms in total. The SMILES string of the molecule is CCCCc1nc(=O)c(S(=O)(=O)c2ccc(-c3ccc(F)nc3C)cc2)c(O)n1[C@H](c1cccc(C#N)c1)C(C)C. The lowest BCUT2D eigenvalue weighted by Crippen LogP contribution is -2.29. The fourth-order valence-electron chi connectivity index (χ4n) is 4.98. The van der Waals surface area contributed by atoms with E-state index in [0.717, 1.165) is 6.42 Å². The van der Waals surface area contributed by atoms with Crippen LogP contribution in [-0.2, 0) is 16.3 Å². The lowest BCUT2D eigenvalue weighted by atomic mass is 9.94. The summed E-state index contributed by atoms with van der Waals surface area (Å²) in [5.41, 5.74) is 1.72. The summed E-state index contributed by atoms with van der Waals surface area (Å²) in [6.07, 6.45) is 1.81. The second-order valence-corrected chi connectivity index (χ2v) is 12.1. The summed E-state index contributed by atoms with van der Waals surface area (Å²) in [5.74, 6) is -1.21. The summed E-state index contributed by atoms with van der Waals surface area (Å²) < 4.78 is 42.5. The van der Waals surface area contributed by atoms with Gasteiger partial charge in [0, 0.05) is 17.7 Å². The van der Waals surface area contributed by atoms with Gasteiger partial charge in [0.25, 0.3) is 5.56 Å². The molecule has 4 rings (SSSR count). The molecule has 2 aromatic carbocycles. The molecule has 0 bridgehead atoms. The smallest absolute Gasteiger partial charge is 0.296 e. The highest BCUT2D eigenvalue weighted by atomic mass is 32.2. The van der Waals surface area contributed by atoms with Crippen molar-refractivity contribution in [3.05, 3.63) is 99.6 Å². The molecule has 0 saturated carbocycles. The van der Waals surface area contributed by atoms with Gasteiger partial charge in [-0.2, -0.15) is 14.6 Å². The molecule has 41 heavy (non-hydrogen) atoms. The first-order valence-electron chi connectivity index (χ1n) is 13.3. The topological polar surface area (TPSA) is 126 Å². The Hall–Kier alpha value is -4.36. The van der Waals surface area contributed by atoms with Gasteiger partial charge in [0.05, 0.1) is 22.6 Å². The van der Waals surface area contributed by atoms with E-state index in [2.05, 4.69) is 16.0 Å². The van der Waals surface area contributed by atoms with E-state index in [1.54, 1.807) is 37.3 Å². The van der Waals surface area contributed by atoms with Gasteiger partial charge < -0.3 is 5.11 Å². The van der Waals surface area contributed by atoms with Crippen molar-refractivity contribution < 1.29 is 17.9 Å². The molecule has 0 aliphatic rings. The molecule has 0 amide bonds. The molecule has 1 atom stereocenters. The molecule has 0 radical (unpaired) electrons. The minimum Gasteiger partial charge on any atom is -0.493 e. The number of hydrogen-bond acceptors (Lipinski definition) is 7. The molecule has 10 heteroatoms. The number of aryl methyl sites for hydroxylation is 2. The highest BCUT2D eigenvalue weighted by Gasteiger charge is 2.33. The van der Waals surface area contributed by atoms with Gasteiger partial charge in [0.1, 0.15) is 5.82 Å². The largest absolute Gasteiger partial charge is 0.493 e. The number of nitriles is 1. The molecule has 0 aliphatic heterocycles. The molecule has 212 valence electrons. The summed E-state index contributed by atoms with van der Waals surface area (Å²) in [6, 6.07) is 16.9. The number of aromatic hydroxyl groups is 1. The second kappa shape index (κ2) is 12.0. The average molecular weight is 575 g/mol. The Bertz CT molecular complexity index is 1790. The molecule has 0 fully saturated rings. The monoisotopic (exact) mass is 574 g/mol. The van der Waals surface area contributed by atoms with Crippen molar-refractivity contribution in [1.29, 1.82) is 5.26 Å². The van der Waals surface area contributed by atoms with Crippen molar-refractivity contribution in [2.24, 2.45) is 5.92 Å². The van der Waals surface area contributed by atoms with E-state index in [1.165, 1.54) is 34.9 Å². The van der Waals surface area contributed by atoms with Crippen molar-refractivity contribution in [2.45, 2.75) is 62.8 Å². The second-order valence-electron chi connectivity index (χ2n) is 10.2. The van der Waals surface area contributed by atoms with E-state index in [-0.39, 0.29) is 16.6 Å². The quantitative estimate of drug-likeness (QED) is 0.252. The fraction of sp³-hybridized carbons (Fsp3) is 0.290. The summed E-state index contributed by atoms with van der Waals surface area (Å²) in [5, 5.41) is 21.0. The number of pyridine rings is 1. The molecular formula is C31H31FN4O4S. The molecule has 0 saturated heterocycles. The van der Waals surface area contributed by atoms with Gasteiger partial charge >= 0.3 is 0 Å². The first-order chi connectivity index (χ1) is 19.5. The maximum Gasteiger partial charge on any atom is 0.296 e. The predicted octanol–water partition coefficient (Wildman–Crippen LogP) is 5.75. The molecule has 2 aromatic heterocycles. The van der Waals surface area contributed by atoms with Crippen LogP contribution < -0.4 is 5.56 Å². The Morgan fingerprint density at radius 3 is 2.39 bits per heavy atom. The van der Waals surface area contributed by atoms with Crippen molar-refractivity contribution in [3.8, 4) is 23.1 Å². The Morgan fingerprint density at radius 1 is 1.07 bits per heavy atom. The predicted molar refractivity (Wildman–Crippen MR) is 153 cm³/mol. The van der Waals surface area contributed by atoms with Crippen LogP contribution in [0.2, 0.25) is 0 Å². The zero-order chi connectivity index (χ0) is 29.9. The molecule has 1 N–H and O–H groups in total. The zero-order valence-corrected chi connectivity index (χ0v) is 24.1. The number of halogens is 1. The van der Waals surface area contributed by atoms with Crippen LogP contribution in [0, 0.1) is 30.1 Å². The minimum atomic E-state index is -4.50. The molecular weight excluding hydrogens is 543 g/mol. The van der Waals surface area contributed by atoms with Crippen molar-refractivity contribution >= 4 is 9.84 Å². The van der Waals surface area contributed by atoms with Gasteiger partial charge in [0.2, 0.25) is 21.7 Å². The van der Waals surface area contributed by atoms with Gasteiger partial charge in [-0.25, -0.2) is 13.4 Å². The minimum absolute atomic E-state index is 0.165. The van der Waals surface area contributed by atoms with E-state index in [0.29, 0.717) is 40.8 Å². The highest BCUT2D eigenvalue weighted by molar-refractivity contribution is 7.91. The van der Waals surface area contributed by atoms with Crippen LogP contribution in [0.15, 0.2) is 75.2 Å². The lowest BCUT2D eigenvalue weighted by Gasteiger charge is -2.29. The van der Waals surface area contributed by atoms with Crippen LogP contribution in [0.5, 0.6) is 5.88 Å². The number of sulfone groups is 1. The maximum absolute atomic E-state index is 13.8. The third-order valence-electron chi connectivity index (χ3n) is 6.95.